The molecule has 0 radical (unpaired) electrons. The molecule has 1 spiro atoms. The van der Waals surface area contributed by atoms with E-state index in [2.05, 4.69) is 16.7 Å². The van der Waals surface area contributed by atoms with Gasteiger partial charge in [-0.2, -0.15) is 26.3 Å². The van der Waals surface area contributed by atoms with Gasteiger partial charge in [-0.25, -0.2) is 14.0 Å². The third kappa shape index (κ3) is 7.93. The number of carbonyl (C=O) groups is 2. The Labute approximate surface area is 179 Å². The maximum absolute atomic E-state index is 13.6. The van der Waals surface area contributed by atoms with Gasteiger partial charge in [-0.3, -0.25) is 9.80 Å². The van der Waals surface area contributed by atoms with E-state index in [4.69, 9.17) is 19.8 Å². The Morgan fingerprint density at radius 1 is 0.969 bits per heavy atom. The van der Waals surface area contributed by atoms with Crippen LogP contribution in [0.1, 0.15) is 25.3 Å². The Kier molecular flexibility index (Phi) is 9.45. The second-order valence-electron chi connectivity index (χ2n) is 7.21. The number of aliphatic carboxylic acids is 2. The first-order valence-electron chi connectivity index (χ1n) is 9.43. The van der Waals surface area contributed by atoms with Crippen molar-refractivity contribution in [3.63, 3.8) is 0 Å². The number of rotatable bonds is 3. The number of likely N-dealkylation sites (N-methyl/N-ethyl adjacent to an activating group) is 1. The van der Waals surface area contributed by atoms with E-state index in [1.165, 1.54) is 19.4 Å². The molecule has 182 valence electrons. The highest BCUT2D eigenvalue weighted by Gasteiger charge is 2.48. The summed E-state index contributed by atoms with van der Waals surface area (Å²) in [6.07, 6.45) is -7.61. The first kappa shape index (κ1) is 27.6. The molecule has 0 aromatic heterocycles. The lowest BCUT2D eigenvalue weighted by atomic mass is 9.84. The van der Waals surface area contributed by atoms with E-state index in [0.717, 1.165) is 31.7 Å². The van der Waals surface area contributed by atoms with E-state index >= 15 is 0 Å². The third-order valence-electron chi connectivity index (χ3n) is 5.15. The number of halogens is 7. The van der Waals surface area contributed by atoms with Gasteiger partial charge in [0.25, 0.3) is 0 Å². The van der Waals surface area contributed by atoms with Crippen LogP contribution in [0.15, 0.2) is 24.3 Å². The molecule has 2 aliphatic heterocycles. The molecule has 0 bridgehead atoms. The summed E-state index contributed by atoms with van der Waals surface area (Å²) in [5, 5.41) is 14.2. The molecule has 2 saturated heterocycles. The Balaban J connectivity index is 0.000000305. The summed E-state index contributed by atoms with van der Waals surface area (Å²) in [6, 6.07) is 7.14. The first-order chi connectivity index (χ1) is 14.6. The van der Waals surface area contributed by atoms with Crippen LogP contribution in [0.25, 0.3) is 0 Å². The fourth-order valence-corrected chi connectivity index (χ4v) is 3.48. The van der Waals surface area contributed by atoms with Crippen molar-refractivity contribution in [1.29, 1.82) is 0 Å². The molecule has 2 aliphatic rings. The second-order valence-corrected chi connectivity index (χ2v) is 7.21. The van der Waals surface area contributed by atoms with Gasteiger partial charge in [0.05, 0.1) is 0 Å². The maximum atomic E-state index is 13.6. The average Bonchev–Trinajstić information content (AvgIpc) is 3.09. The number of benzene rings is 1. The van der Waals surface area contributed by atoms with E-state index in [1.54, 1.807) is 12.1 Å². The molecule has 0 aliphatic carbocycles. The lowest BCUT2D eigenvalue weighted by molar-refractivity contribution is -0.193. The molecule has 2 heterocycles. The molecule has 6 nitrogen and oxygen atoms in total. The highest BCUT2D eigenvalue weighted by molar-refractivity contribution is 5.73. The molecule has 1 aromatic rings. The van der Waals surface area contributed by atoms with Crippen LogP contribution >= 0.6 is 0 Å². The van der Waals surface area contributed by atoms with Crippen LogP contribution in [0, 0.1) is 5.82 Å². The van der Waals surface area contributed by atoms with Crippen molar-refractivity contribution in [1.82, 2.24) is 9.80 Å². The predicted molar refractivity (Wildman–Crippen MR) is 98.3 cm³/mol. The number of likely N-dealkylation sites (tertiary alicyclic amines) is 2. The van der Waals surface area contributed by atoms with Crippen molar-refractivity contribution < 1.29 is 50.5 Å². The Hall–Kier alpha value is -2.41. The zero-order valence-electron chi connectivity index (χ0n) is 17.0. The molecule has 2 N–H and O–H groups in total. The summed E-state index contributed by atoms with van der Waals surface area (Å²) in [7, 11) is 0. The largest absolute Gasteiger partial charge is 0.490 e. The smallest absolute Gasteiger partial charge is 0.475 e. The van der Waals surface area contributed by atoms with Crippen LogP contribution in [-0.4, -0.2) is 76.0 Å². The normalized spacial score (nSPS) is 21.1. The average molecular weight is 476 g/mol. The third-order valence-corrected chi connectivity index (χ3v) is 5.15. The summed E-state index contributed by atoms with van der Waals surface area (Å²) in [6.45, 7) is 7.59. The lowest BCUT2D eigenvalue weighted by Gasteiger charge is -2.50. The standard InChI is InChI=1S/C15H21FN2.2C2HF3O2/c1-2-18-10-8-15(18)7-9-17(12-15)11-13-5-3-4-6-14(13)16;2*3-2(4,5)1(6)7/h3-6H,2,7-12H2,1H3;2*(H,6,7). The van der Waals surface area contributed by atoms with E-state index in [1.807, 2.05) is 12.1 Å². The van der Waals surface area contributed by atoms with E-state index in [0.29, 0.717) is 5.54 Å². The van der Waals surface area contributed by atoms with Gasteiger partial charge in [0.2, 0.25) is 0 Å². The summed E-state index contributed by atoms with van der Waals surface area (Å²) in [5.74, 6) is -5.58. The highest BCUT2D eigenvalue weighted by atomic mass is 19.4. The highest BCUT2D eigenvalue weighted by Crippen LogP contribution is 2.39. The SMILES string of the molecule is CCN1CCC12CCN(Cc1ccccc1F)C2.O=C(O)C(F)(F)F.O=C(O)C(F)(F)F. The number of carboxylic acid groups (broad SMARTS) is 2. The molecule has 0 saturated carbocycles. The molecule has 13 heteroatoms. The van der Waals surface area contributed by atoms with Crippen LogP contribution in [0.2, 0.25) is 0 Å². The zero-order valence-corrected chi connectivity index (χ0v) is 17.0. The Morgan fingerprint density at radius 2 is 1.44 bits per heavy atom. The number of hydrogen-bond donors (Lipinski definition) is 2. The van der Waals surface area contributed by atoms with E-state index in [-0.39, 0.29) is 5.82 Å². The molecule has 1 unspecified atom stereocenters. The maximum Gasteiger partial charge on any atom is 0.490 e. The number of carboxylic acids is 2. The van der Waals surface area contributed by atoms with Crippen LogP contribution in [0.3, 0.4) is 0 Å². The topological polar surface area (TPSA) is 81.1 Å². The molecule has 1 aromatic carbocycles. The molecular weight excluding hydrogens is 453 g/mol. The number of alkyl halides is 6. The first-order valence-corrected chi connectivity index (χ1v) is 9.43. The van der Waals surface area contributed by atoms with Crippen molar-refractivity contribution in [3.05, 3.63) is 35.6 Å². The molecule has 2 fully saturated rings. The van der Waals surface area contributed by atoms with Gasteiger partial charge in [-0.1, -0.05) is 25.1 Å². The van der Waals surface area contributed by atoms with Crippen LogP contribution in [0.5, 0.6) is 0 Å². The predicted octanol–water partition coefficient (Wildman–Crippen LogP) is 3.76. The summed E-state index contributed by atoms with van der Waals surface area (Å²) in [5.41, 5.74) is 1.25. The zero-order chi connectivity index (χ0) is 24.7. The molecular formula is C19H23F7N2O4. The second kappa shape index (κ2) is 10.9. The van der Waals surface area contributed by atoms with Crippen molar-refractivity contribution in [2.24, 2.45) is 0 Å². The van der Waals surface area contributed by atoms with Gasteiger partial charge in [0.1, 0.15) is 5.82 Å². The van der Waals surface area contributed by atoms with Crippen LogP contribution < -0.4 is 0 Å². The van der Waals surface area contributed by atoms with Crippen LogP contribution in [-0.2, 0) is 16.1 Å². The van der Waals surface area contributed by atoms with E-state index < -0.39 is 24.3 Å². The van der Waals surface area contributed by atoms with Crippen molar-refractivity contribution in [2.75, 3.05) is 26.2 Å². The van der Waals surface area contributed by atoms with Crippen molar-refractivity contribution in [2.45, 2.75) is 44.2 Å². The van der Waals surface area contributed by atoms with Gasteiger partial charge in [0, 0.05) is 37.3 Å². The minimum absolute atomic E-state index is 0.0700. The quantitative estimate of drug-likeness (QED) is 0.647. The number of hydrogen-bond acceptors (Lipinski definition) is 4. The van der Waals surface area contributed by atoms with E-state index in [9.17, 15) is 30.7 Å². The number of nitrogens with zero attached hydrogens (tertiary/aromatic N) is 2. The summed E-state index contributed by atoms with van der Waals surface area (Å²) >= 11 is 0. The van der Waals surface area contributed by atoms with Gasteiger partial charge in [-0.15, -0.1) is 0 Å². The lowest BCUT2D eigenvalue weighted by Crippen LogP contribution is -2.60. The van der Waals surface area contributed by atoms with Gasteiger partial charge in [-0.05, 0) is 25.5 Å². The minimum Gasteiger partial charge on any atom is -0.475 e. The summed E-state index contributed by atoms with van der Waals surface area (Å²) < 4.78 is 77.1. The van der Waals surface area contributed by atoms with Crippen molar-refractivity contribution in [3.8, 4) is 0 Å². The van der Waals surface area contributed by atoms with Crippen molar-refractivity contribution >= 4 is 11.9 Å². The van der Waals surface area contributed by atoms with Gasteiger partial charge < -0.3 is 10.2 Å². The van der Waals surface area contributed by atoms with Gasteiger partial charge in [0.15, 0.2) is 0 Å². The summed E-state index contributed by atoms with van der Waals surface area (Å²) in [4.78, 5) is 22.8. The Morgan fingerprint density at radius 3 is 1.81 bits per heavy atom. The fraction of sp³-hybridized carbons (Fsp3) is 0.579. The molecule has 32 heavy (non-hydrogen) atoms. The monoisotopic (exact) mass is 476 g/mol. The fourth-order valence-electron chi connectivity index (χ4n) is 3.48. The Bertz CT molecular complexity index is 760. The van der Waals surface area contributed by atoms with Gasteiger partial charge >= 0.3 is 24.3 Å². The van der Waals surface area contributed by atoms with Crippen LogP contribution in [0.4, 0.5) is 30.7 Å². The minimum atomic E-state index is -5.08. The molecule has 1 atom stereocenters. The molecule has 3 rings (SSSR count). The molecule has 0 amide bonds.